The minimum atomic E-state index is -3.54. The van der Waals surface area contributed by atoms with Gasteiger partial charge < -0.3 is 10.6 Å². The van der Waals surface area contributed by atoms with Gasteiger partial charge in [0.25, 0.3) is 0 Å². The van der Waals surface area contributed by atoms with E-state index >= 15 is 0 Å². The molecule has 1 aliphatic heterocycles. The van der Waals surface area contributed by atoms with E-state index in [1.54, 1.807) is 54.7 Å². The average Bonchev–Trinajstić information content (AvgIpc) is 2.73. The van der Waals surface area contributed by atoms with Crippen LogP contribution in [0.1, 0.15) is 12.8 Å². The number of amides is 2. The molecule has 2 aromatic rings. The van der Waals surface area contributed by atoms with Crippen molar-refractivity contribution < 1.29 is 18.0 Å². The van der Waals surface area contributed by atoms with Crippen molar-refractivity contribution >= 4 is 27.7 Å². The third-order valence-electron chi connectivity index (χ3n) is 4.56. The molecule has 0 aliphatic carbocycles. The number of piperidine rings is 1. The van der Waals surface area contributed by atoms with E-state index in [2.05, 4.69) is 15.6 Å². The lowest BCUT2D eigenvalue weighted by Crippen LogP contribution is -2.44. The van der Waals surface area contributed by atoms with E-state index in [0.29, 0.717) is 18.7 Å². The lowest BCUT2D eigenvalue weighted by molar-refractivity contribution is -0.128. The predicted octanol–water partition coefficient (Wildman–Crippen LogP) is 1.24. The summed E-state index contributed by atoms with van der Waals surface area (Å²) in [6.07, 6.45) is 2.39. The first-order chi connectivity index (χ1) is 13.5. The zero-order valence-corrected chi connectivity index (χ0v) is 16.1. The van der Waals surface area contributed by atoms with Crippen LogP contribution in [-0.4, -0.2) is 49.2 Å². The maximum atomic E-state index is 12.6. The van der Waals surface area contributed by atoms with Gasteiger partial charge in [0.05, 0.1) is 11.4 Å². The van der Waals surface area contributed by atoms with Crippen LogP contribution in [-0.2, 0) is 19.6 Å². The molecule has 0 bridgehead atoms. The number of carbonyl (C=O) groups is 2. The first-order valence-electron chi connectivity index (χ1n) is 9.00. The average molecular weight is 402 g/mol. The van der Waals surface area contributed by atoms with Crippen LogP contribution in [0, 0.1) is 5.92 Å². The Hall–Kier alpha value is -2.78. The molecule has 1 aromatic heterocycles. The van der Waals surface area contributed by atoms with Crippen LogP contribution < -0.4 is 10.6 Å². The number of sulfonamides is 1. The van der Waals surface area contributed by atoms with Gasteiger partial charge in [-0.3, -0.25) is 9.59 Å². The van der Waals surface area contributed by atoms with Gasteiger partial charge in [-0.05, 0) is 37.1 Å². The molecule has 9 heteroatoms. The van der Waals surface area contributed by atoms with E-state index in [-0.39, 0.29) is 42.3 Å². The van der Waals surface area contributed by atoms with Gasteiger partial charge in [-0.25, -0.2) is 13.4 Å². The minimum absolute atomic E-state index is 0.155. The number of benzene rings is 1. The highest BCUT2D eigenvalue weighted by atomic mass is 32.2. The fourth-order valence-corrected chi connectivity index (χ4v) is 4.53. The molecule has 0 saturated carbocycles. The summed E-state index contributed by atoms with van der Waals surface area (Å²) in [5, 5.41) is 5.20. The van der Waals surface area contributed by atoms with Crippen LogP contribution in [0.4, 0.5) is 5.82 Å². The fourth-order valence-electron chi connectivity index (χ4n) is 3.04. The molecule has 1 aromatic carbocycles. The van der Waals surface area contributed by atoms with Crippen LogP contribution in [0.3, 0.4) is 0 Å². The number of nitrogens with zero attached hydrogens (tertiary/aromatic N) is 2. The standard InChI is InChI=1S/C19H22N4O4S/c24-18(22-17-8-4-5-11-20-17)14-21-19(25)15-9-12-23(13-10-15)28(26,27)16-6-2-1-3-7-16/h1-8,11,15H,9-10,12-14H2,(H,21,25)(H,20,22,24). The highest BCUT2D eigenvalue weighted by Gasteiger charge is 2.32. The molecular formula is C19H22N4O4S. The van der Waals surface area contributed by atoms with Crippen molar-refractivity contribution in [2.24, 2.45) is 5.92 Å². The molecule has 148 valence electrons. The quantitative estimate of drug-likeness (QED) is 0.756. The van der Waals surface area contributed by atoms with Crippen molar-refractivity contribution in [3.05, 3.63) is 54.7 Å². The van der Waals surface area contributed by atoms with Crippen LogP contribution in [0.2, 0.25) is 0 Å². The van der Waals surface area contributed by atoms with Crippen molar-refractivity contribution in [1.82, 2.24) is 14.6 Å². The van der Waals surface area contributed by atoms with Crippen molar-refractivity contribution in [3.8, 4) is 0 Å². The predicted molar refractivity (Wildman–Crippen MR) is 104 cm³/mol. The number of aromatic nitrogens is 1. The van der Waals surface area contributed by atoms with E-state index in [9.17, 15) is 18.0 Å². The largest absolute Gasteiger partial charge is 0.347 e. The molecule has 1 aliphatic rings. The lowest BCUT2D eigenvalue weighted by Gasteiger charge is -2.30. The van der Waals surface area contributed by atoms with Crippen molar-refractivity contribution in [1.29, 1.82) is 0 Å². The number of nitrogens with one attached hydrogen (secondary N) is 2. The van der Waals surface area contributed by atoms with Gasteiger partial charge in [-0.15, -0.1) is 0 Å². The second kappa shape index (κ2) is 8.94. The third kappa shape index (κ3) is 4.93. The van der Waals surface area contributed by atoms with Crippen molar-refractivity contribution in [2.75, 3.05) is 25.0 Å². The summed E-state index contributed by atoms with van der Waals surface area (Å²) in [6.45, 7) is 0.392. The summed E-state index contributed by atoms with van der Waals surface area (Å²) < 4.78 is 26.6. The van der Waals surface area contributed by atoms with Crippen LogP contribution in [0.25, 0.3) is 0 Å². The summed E-state index contributed by atoms with van der Waals surface area (Å²) in [7, 11) is -3.54. The van der Waals surface area contributed by atoms with Crippen LogP contribution >= 0.6 is 0 Å². The molecule has 1 saturated heterocycles. The normalized spacial score (nSPS) is 15.7. The molecular weight excluding hydrogens is 380 g/mol. The summed E-state index contributed by atoms with van der Waals surface area (Å²) in [5.41, 5.74) is 0. The SMILES string of the molecule is O=C(CNC(=O)C1CCN(S(=O)(=O)c2ccccc2)CC1)Nc1ccccn1. The van der Waals surface area contributed by atoms with Crippen molar-refractivity contribution in [3.63, 3.8) is 0 Å². The molecule has 0 radical (unpaired) electrons. The fraction of sp³-hybridized carbons (Fsp3) is 0.316. The zero-order valence-electron chi connectivity index (χ0n) is 15.2. The first-order valence-corrected chi connectivity index (χ1v) is 10.4. The van der Waals surface area contributed by atoms with E-state index < -0.39 is 10.0 Å². The van der Waals surface area contributed by atoms with Crippen molar-refractivity contribution in [2.45, 2.75) is 17.7 Å². The number of hydrogen-bond acceptors (Lipinski definition) is 5. The van der Waals surface area contributed by atoms with E-state index in [4.69, 9.17) is 0 Å². The highest BCUT2D eigenvalue weighted by Crippen LogP contribution is 2.23. The second-order valence-corrected chi connectivity index (χ2v) is 8.41. The topological polar surface area (TPSA) is 108 Å². The Morgan fingerprint density at radius 1 is 1.04 bits per heavy atom. The summed E-state index contributed by atoms with van der Waals surface area (Å²) in [4.78, 5) is 28.4. The molecule has 8 nitrogen and oxygen atoms in total. The first kappa shape index (κ1) is 20.0. The van der Waals surface area contributed by atoms with Crippen LogP contribution in [0.15, 0.2) is 59.6 Å². The van der Waals surface area contributed by atoms with Gasteiger partial charge in [0.15, 0.2) is 0 Å². The smallest absolute Gasteiger partial charge is 0.244 e. The Kier molecular flexibility index (Phi) is 6.37. The third-order valence-corrected chi connectivity index (χ3v) is 6.47. The summed E-state index contributed by atoms with van der Waals surface area (Å²) >= 11 is 0. The Morgan fingerprint density at radius 2 is 1.71 bits per heavy atom. The van der Waals surface area contributed by atoms with Gasteiger partial charge in [-0.2, -0.15) is 4.31 Å². The molecule has 0 spiro atoms. The lowest BCUT2D eigenvalue weighted by atomic mass is 9.97. The summed E-state index contributed by atoms with van der Waals surface area (Å²) in [6, 6.07) is 13.4. The highest BCUT2D eigenvalue weighted by molar-refractivity contribution is 7.89. The molecule has 0 atom stereocenters. The van der Waals surface area contributed by atoms with E-state index in [1.807, 2.05) is 0 Å². The number of pyridine rings is 1. The maximum Gasteiger partial charge on any atom is 0.244 e. The number of carbonyl (C=O) groups excluding carboxylic acids is 2. The van der Waals surface area contributed by atoms with Gasteiger partial charge in [0.1, 0.15) is 5.82 Å². The Bertz CT molecular complexity index is 911. The summed E-state index contributed by atoms with van der Waals surface area (Å²) in [5.74, 6) is -0.505. The Morgan fingerprint density at radius 3 is 2.36 bits per heavy atom. The maximum absolute atomic E-state index is 12.6. The monoisotopic (exact) mass is 402 g/mol. The van der Waals surface area contributed by atoms with Gasteiger partial charge in [-0.1, -0.05) is 24.3 Å². The number of hydrogen-bond donors (Lipinski definition) is 2. The van der Waals surface area contributed by atoms with E-state index in [0.717, 1.165) is 0 Å². The molecule has 2 N–H and O–H groups in total. The van der Waals surface area contributed by atoms with Gasteiger partial charge in [0.2, 0.25) is 21.8 Å². The van der Waals surface area contributed by atoms with Crippen LogP contribution in [0.5, 0.6) is 0 Å². The molecule has 3 rings (SSSR count). The Balaban J connectivity index is 1.47. The second-order valence-electron chi connectivity index (χ2n) is 6.47. The van der Waals surface area contributed by atoms with Gasteiger partial charge >= 0.3 is 0 Å². The zero-order chi connectivity index (χ0) is 20.0. The molecule has 28 heavy (non-hydrogen) atoms. The minimum Gasteiger partial charge on any atom is -0.347 e. The number of rotatable bonds is 6. The Labute approximate surface area is 164 Å². The molecule has 2 heterocycles. The van der Waals surface area contributed by atoms with Gasteiger partial charge in [0, 0.05) is 25.2 Å². The molecule has 2 amide bonds. The number of anilines is 1. The van der Waals surface area contributed by atoms with E-state index in [1.165, 1.54) is 4.31 Å². The molecule has 1 fully saturated rings. The molecule has 0 unspecified atom stereocenters.